The van der Waals surface area contributed by atoms with E-state index in [0.29, 0.717) is 13.0 Å². The standard InChI is InChI=1S/C17H19N3OS/c18-13-17(7-11-22-12-8-17)19-16(21)6-10-20-9-5-14-3-1-2-4-15(14)20/h1-5,9H,6-8,10-12H2,(H,19,21). The molecule has 1 saturated heterocycles. The number of nitriles is 1. The van der Waals surface area contributed by atoms with E-state index < -0.39 is 5.54 Å². The van der Waals surface area contributed by atoms with Gasteiger partial charge >= 0.3 is 0 Å². The molecule has 0 unspecified atom stereocenters. The normalized spacial score (nSPS) is 17.0. The lowest BCUT2D eigenvalue weighted by Crippen LogP contribution is -2.49. The molecule has 1 fully saturated rings. The van der Waals surface area contributed by atoms with Crippen molar-refractivity contribution in [3.05, 3.63) is 36.5 Å². The monoisotopic (exact) mass is 313 g/mol. The summed E-state index contributed by atoms with van der Waals surface area (Å²) in [5.74, 6) is 1.85. The number of aryl methyl sites for hydroxylation is 1. The van der Waals surface area contributed by atoms with Gasteiger partial charge in [0, 0.05) is 24.7 Å². The highest BCUT2D eigenvalue weighted by Crippen LogP contribution is 2.26. The van der Waals surface area contributed by atoms with Crippen LogP contribution in [0.4, 0.5) is 0 Å². The lowest BCUT2D eigenvalue weighted by Gasteiger charge is -2.31. The first-order chi connectivity index (χ1) is 10.7. The molecule has 22 heavy (non-hydrogen) atoms. The SMILES string of the molecule is N#CC1(NC(=O)CCn2ccc3ccccc32)CCSCC1. The summed E-state index contributed by atoms with van der Waals surface area (Å²) in [5, 5.41) is 13.6. The molecule has 0 radical (unpaired) electrons. The summed E-state index contributed by atoms with van der Waals surface area (Å²) >= 11 is 1.85. The molecule has 0 atom stereocenters. The lowest BCUT2D eigenvalue weighted by atomic mass is 9.94. The van der Waals surface area contributed by atoms with E-state index in [0.717, 1.165) is 29.9 Å². The number of hydrogen-bond donors (Lipinski definition) is 1. The highest BCUT2D eigenvalue weighted by atomic mass is 32.2. The van der Waals surface area contributed by atoms with E-state index in [1.165, 1.54) is 5.39 Å². The molecule has 3 rings (SSSR count). The van der Waals surface area contributed by atoms with Gasteiger partial charge in [0.15, 0.2) is 0 Å². The highest BCUT2D eigenvalue weighted by molar-refractivity contribution is 7.99. The van der Waals surface area contributed by atoms with Crippen molar-refractivity contribution in [3.63, 3.8) is 0 Å². The number of thioether (sulfide) groups is 1. The Bertz CT molecular complexity index is 710. The van der Waals surface area contributed by atoms with E-state index in [-0.39, 0.29) is 5.91 Å². The molecule has 2 aromatic rings. The predicted molar refractivity (Wildman–Crippen MR) is 89.6 cm³/mol. The number of aromatic nitrogens is 1. The van der Waals surface area contributed by atoms with Gasteiger partial charge in [-0.2, -0.15) is 17.0 Å². The molecule has 0 saturated carbocycles. The average molecular weight is 313 g/mol. The minimum atomic E-state index is -0.652. The van der Waals surface area contributed by atoms with Gasteiger partial charge in [0.25, 0.3) is 0 Å². The smallest absolute Gasteiger partial charge is 0.223 e. The summed E-state index contributed by atoms with van der Waals surface area (Å²) < 4.78 is 2.09. The van der Waals surface area contributed by atoms with Crippen LogP contribution >= 0.6 is 11.8 Å². The molecule has 4 nitrogen and oxygen atoms in total. The number of amides is 1. The van der Waals surface area contributed by atoms with E-state index in [4.69, 9.17) is 0 Å². The number of para-hydroxylation sites is 1. The maximum atomic E-state index is 12.2. The Morgan fingerprint density at radius 3 is 2.86 bits per heavy atom. The highest BCUT2D eigenvalue weighted by Gasteiger charge is 2.33. The van der Waals surface area contributed by atoms with Gasteiger partial charge in [-0.1, -0.05) is 18.2 Å². The third-order valence-corrected chi connectivity index (χ3v) is 5.18. The van der Waals surface area contributed by atoms with Crippen LogP contribution in [0, 0.1) is 11.3 Å². The second-order valence-corrected chi connectivity index (χ2v) is 6.90. The molecular weight excluding hydrogens is 294 g/mol. The molecule has 2 heterocycles. The fourth-order valence-electron chi connectivity index (χ4n) is 2.87. The predicted octanol–water partition coefficient (Wildman–Crippen LogP) is 2.94. The topological polar surface area (TPSA) is 57.8 Å². The summed E-state index contributed by atoms with van der Waals surface area (Å²) in [6.45, 7) is 0.635. The number of nitrogens with one attached hydrogen (secondary N) is 1. The van der Waals surface area contributed by atoms with Crippen LogP contribution in [0.1, 0.15) is 19.3 Å². The average Bonchev–Trinajstić information content (AvgIpc) is 2.97. The summed E-state index contributed by atoms with van der Waals surface area (Å²) in [6, 6.07) is 12.5. The third-order valence-electron chi connectivity index (χ3n) is 4.20. The van der Waals surface area contributed by atoms with Crippen LogP contribution < -0.4 is 5.32 Å². The quantitative estimate of drug-likeness (QED) is 0.944. The maximum absolute atomic E-state index is 12.2. The molecule has 1 aromatic carbocycles. The fourth-order valence-corrected chi connectivity index (χ4v) is 4.06. The second-order valence-electron chi connectivity index (χ2n) is 5.67. The molecule has 0 spiro atoms. The van der Waals surface area contributed by atoms with Gasteiger partial charge in [0.1, 0.15) is 5.54 Å². The number of rotatable bonds is 4. The summed E-state index contributed by atoms with van der Waals surface area (Å²) in [5.41, 5.74) is 0.487. The number of nitrogens with zero attached hydrogens (tertiary/aromatic N) is 2. The molecule has 114 valence electrons. The Morgan fingerprint density at radius 1 is 1.32 bits per heavy atom. The Balaban J connectivity index is 1.61. The van der Waals surface area contributed by atoms with E-state index in [1.807, 2.05) is 30.1 Å². The van der Waals surface area contributed by atoms with Crippen molar-refractivity contribution in [2.45, 2.75) is 31.3 Å². The second kappa shape index (κ2) is 6.45. The van der Waals surface area contributed by atoms with Crippen LogP contribution in [-0.4, -0.2) is 27.5 Å². The van der Waals surface area contributed by atoms with Crippen molar-refractivity contribution in [3.8, 4) is 6.07 Å². The van der Waals surface area contributed by atoms with Gasteiger partial charge in [-0.05, 0) is 41.9 Å². The number of fused-ring (bicyclic) bond motifs is 1. The first kappa shape index (κ1) is 15.0. The lowest BCUT2D eigenvalue weighted by molar-refractivity contribution is -0.122. The zero-order valence-corrected chi connectivity index (χ0v) is 13.2. The Morgan fingerprint density at radius 2 is 2.09 bits per heavy atom. The van der Waals surface area contributed by atoms with Crippen molar-refractivity contribution in [2.75, 3.05) is 11.5 Å². The van der Waals surface area contributed by atoms with Crippen molar-refractivity contribution in [1.29, 1.82) is 5.26 Å². The van der Waals surface area contributed by atoms with Gasteiger partial charge in [-0.3, -0.25) is 4.79 Å². The zero-order chi connectivity index (χ0) is 15.4. The van der Waals surface area contributed by atoms with Gasteiger partial charge in [0.2, 0.25) is 5.91 Å². The Kier molecular flexibility index (Phi) is 4.39. The van der Waals surface area contributed by atoms with Crippen LogP contribution in [0.5, 0.6) is 0 Å². The molecule has 1 aliphatic heterocycles. The molecule has 0 aliphatic carbocycles. The van der Waals surface area contributed by atoms with Crippen molar-refractivity contribution < 1.29 is 4.79 Å². The Labute approximate surface area is 134 Å². The number of carbonyl (C=O) groups excluding carboxylic acids is 1. The first-order valence-corrected chi connectivity index (χ1v) is 8.72. The van der Waals surface area contributed by atoms with Gasteiger partial charge in [0.05, 0.1) is 6.07 Å². The minimum absolute atomic E-state index is 0.0359. The summed E-state index contributed by atoms with van der Waals surface area (Å²) in [6.07, 6.45) is 3.89. The first-order valence-electron chi connectivity index (χ1n) is 7.56. The third kappa shape index (κ3) is 3.12. The number of hydrogen-bond acceptors (Lipinski definition) is 3. The van der Waals surface area contributed by atoms with Gasteiger partial charge < -0.3 is 9.88 Å². The van der Waals surface area contributed by atoms with E-state index in [1.54, 1.807) is 0 Å². The van der Waals surface area contributed by atoms with Crippen LogP contribution in [-0.2, 0) is 11.3 Å². The number of carbonyl (C=O) groups is 1. The van der Waals surface area contributed by atoms with Crippen molar-refractivity contribution >= 4 is 28.6 Å². The molecule has 1 N–H and O–H groups in total. The molecule has 5 heteroatoms. The minimum Gasteiger partial charge on any atom is -0.347 e. The van der Waals surface area contributed by atoms with E-state index >= 15 is 0 Å². The van der Waals surface area contributed by atoms with Crippen molar-refractivity contribution in [2.24, 2.45) is 0 Å². The zero-order valence-electron chi connectivity index (χ0n) is 12.4. The van der Waals surface area contributed by atoms with Gasteiger partial charge in [-0.25, -0.2) is 0 Å². The van der Waals surface area contributed by atoms with E-state index in [9.17, 15) is 10.1 Å². The summed E-state index contributed by atoms with van der Waals surface area (Å²) in [4.78, 5) is 12.2. The largest absolute Gasteiger partial charge is 0.347 e. The molecule has 1 amide bonds. The van der Waals surface area contributed by atoms with E-state index in [2.05, 4.69) is 34.2 Å². The van der Waals surface area contributed by atoms with Crippen molar-refractivity contribution in [1.82, 2.24) is 9.88 Å². The van der Waals surface area contributed by atoms with Crippen LogP contribution in [0.3, 0.4) is 0 Å². The summed E-state index contributed by atoms with van der Waals surface area (Å²) in [7, 11) is 0. The van der Waals surface area contributed by atoms with Crippen LogP contribution in [0.25, 0.3) is 10.9 Å². The molecule has 1 aliphatic rings. The fraction of sp³-hybridized carbons (Fsp3) is 0.412. The van der Waals surface area contributed by atoms with Crippen LogP contribution in [0.2, 0.25) is 0 Å². The molecule has 0 bridgehead atoms. The van der Waals surface area contributed by atoms with Gasteiger partial charge in [-0.15, -0.1) is 0 Å². The molecule has 1 aromatic heterocycles. The molecular formula is C17H19N3OS. The van der Waals surface area contributed by atoms with Crippen LogP contribution in [0.15, 0.2) is 36.5 Å². The Hall–Kier alpha value is -1.93. The maximum Gasteiger partial charge on any atom is 0.223 e. The number of benzene rings is 1.